The van der Waals surface area contributed by atoms with Crippen LogP contribution >= 0.6 is 12.2 Å². The normalized spacial score (nSPS) is 21.1. The molecule has 0 aliphatic carbocycles. The molecule has 136 valence electrons. The highest BCUT2D eigenvalue weighted by atomic mass is 32.1. The number of hydrogen-bond acceptors (Lipinski definition) is 3. The van der Waals surface area contributed by atoms with Crippen molar-refractivity contribution in [2.75, 3.05) is 6.61 Å². The summed E-state index contributed by atoms with van der Waals surface area (Å²) in [5.41, 5.74) is -4.87. The number of ether oxygens (including phenoxy) is 1. The van der Waals surface area contributed by atoms with Gasteiger partial charge in [-0.1, -0.05) is 30.3 Å². The van der Waals surface area contributed by atoms with Gasteiger partial charge in [0.15, 0.2) is 5.05 Å². The topological polar surface area (TPSA) is 21.3 Å². The molecule has 1 N–H and O–H groups in total. The second kappa shape index (κ2) is 6.70. The molecule has 0 radical (unpaired) electrons. The van der Waals surface area contributed by atoms with E-state index >= 15 is 0 Å². The molecular formula is C16H13F6NOS. The summed E-state index contributed by atoms with van der Waals surface area (Å²) in [7, 11) is 0. The number of nitrogens with one attached hydrogen (secondary N) is 1. The van der Waals surface area contributed by atoms with Gasteiger partial charge in [0, 0.05) is 0 Å². The highest BCUT2D eigenvalue weighted by molar-refractivity contribution is 7.80. The molecule has 0 bridgehead atoms. The highest BCUT2D eigenvalue weighted by Crippen LogP contribution is 2.42. The Morgan fingerprint density at radius 2 is 1.72 bits per heavy atom. The van der Waals surface area contributed by atoms with Gasteiger partial charge in [0.25, 0.3) is 0 Å². The number of alkyl halides is 6. The molecule has 0 saturated carbocycles. The zero-order chi connectivity index (χ0) is 18.9. The van der Waals surface area contributed by atoms with E-state index in [4.69, 9.17) is 4.74 Å². The van der Waals surface area contributed by atoms with Gasteiger partial charge in [0.2, 0.25) is 5.54 Å². The van der Waals surface area contributed by atoms with Gasteiger partial charge in [-0.2, -0.15) is 26.3 Å². The van der Waals surface area contributed by atoms with Crippen LogP contribution in [0.5, 0.6) is 0 Å². The average molecular weight is 381 g/mol. The summed E-state index contributed by atoms with van der Waals surface area (Å²) in [6, 6.07) is 7.44. The molecule has 1 aliphatic rings. The third-order valence-corrected chi connectivity index (χ3v) is 3.90. The maximum absolute atomic E-state index is 13.8. The van der Waals surface area contributed by atoms with Gasteiger partial charge in [0.05, 0.1) is 6.61 Å². The molecule has 1 aromatic carbocycles. The molecule has 1 aliphatic heterocycles. The first-order valence-electron chi connectivity index (χ1n) is 7.10. The molecule has 0 fully saturated rings. The third kappa shape index (κ3) is 3.81. The zero-order valence-corrected chi connectivity index (χ0v) is 13.6. The monoisotopic (exact) mass is 381 g/mol. The van der Waals surface area contributed by atoms with Crippen LogP contribution in [-0.2, 0) is 4.74 Å². The van der Waals surface area contributed by atoms with E-state index in [0.29, 0.717) is 12.2 Å². The molecule has 0 saturated heterocycles. The van der Waals surface area contributed by atoms with Crippen LogP contribution in [0.3, 0.4) is 0 Å². The van der Waals surface area contributed by atoms with Crippen LogP contribution in [-0.4, -0.2) is 29.5 Å². The van der Waals surface area contributed by atoms with E-state index in [1.54, 1.807) is 6.07 Å². The second-order valence-corrected chi connectivity index (χ2v) is 5.54. The van der Waals surface area contributed by atoms with E-state index in [-0.39, 0.29) is 17.7 Å². The smallest absolute Gasteiger partial charge is 0.430 e. The van der Waals surface area contributed by atoms with Crippen molar-refractivity contribution in [2.45, 2.75) is 24.8 Å². The Morgan fingerprint density at radius 1 is 1.12 bits per heavy atom. The third-order valence-electron chi connectivity index (χ3n) is 3.46. The van der Waals surface area contributed by atoms with Gasteiger partial charge in [-0.25, -0.2) is 0 Å². The summed E-state index contributed by atoms with van der Waals surface area (Å²) in [6.07, 6.45) is -8.93. The molecule has 1 unspecified atom stereocenters. The summed E-state index contributed by atoms with van der Waals surface area (Å²) >= 11 is 4.67. The van der Waals surface area contributed by atoms with Crippen molar-refractivity contribution in [3.63, 3.8) is 0 Å². The quantitative estimate of drug-likeness (QED) is 0.601. The SMILES string of the molecule is CCOC(=S)C1(C(F)(F)F)C=C(c2ccccc2)C=C(C(F)(F)F)N1. The Balaban J connectivity index is 2.69. The van der Waals surface area contributed by atoms with Gasteiger partial charge in [-0.15, -0.1) is 0 Å². The lowest BCUT2D eigenvalue weighted by atomic mass is 9.88. The lowest BCUT2D eigenvalue weighted by molar-refractivity contribution is -0.169. The number of dihydropyridines is 1. The van der Waals surface area contributed by atoms with Crippen LogP contribution in [0.25, 0.3) is 5.57 Å². The average Bonchev–Trinajstić information content (AvgIpc) is 2.53. The largest absolute Gasteiger partial charge is 0.484 e. The Kier molecular flexibility index (Phi) is 5.17. The fourth-order valence-corrected chi connectivity index (χ4v) is 2.63. The maximum atomic E-state index is 13.8. The molecule has 25 heavy (non-hydrogen) atoms. The number of allylic oxidation sites excluding steroid dienone is 3. The molecule has 2 nitrogen and oxygen atoms in total. The first kappa shape index (κ1) is 19.3. The van der Waals surface area contributed by atoms with E-state index in [9.17, 15) is 26.3 Å². The van der Waals surface area contributed by atoms with Crippen molar-refractivity contribution in [1.82, 2.24) is 5.32 Å². The number of hydrogen-bond donors (Lipinski definition) is 1. The van der Waals surface area contributed by atoms with Crippen molar-refractivity contribution in [2.24, 2.45) is 0 Å². The minimum atomic E-state index is -5.15. The molecule has 1 aromatic rings. The van der Waals surface area contributed by atoms with Crippen molar-refractivity contribution in [1.29, 1.82) is 0 Å². The Morgan fingerprint density at radius 3 is 2.20 bits per heavy atom. The van der Waals surface area contributed by atoms with Crippen LogP contribution in [0, 0.1) is 0 Å². The number of thiocarbonyl (C=S) groups is 1. The van der Waals surface area contributed by atoms with Gasteiger partial charge >= 0.3 is 12.4 Å². The Labute approximate surface area is 145 Å². The summed E-state index contributed by atoms with van der Waals surface area (Å²) in [5.74, 6) is 0. The number of benzene rings is 1. The summed E-state index contributed by atoms with van der Waals surface area (Å²) in [4.78, 5) is 0. The fourth-order valence-electron chi connectivity index (χ4n) is 2.29. The Hall–Kier alpha value is -2.03. The van der Waals surface area contributed by atoms with Crippen molar-refractivity contribution >= 4 is 22.8 Å². The predicted octanol–water partition coefficient (Wildman–Crippen LogP) is 4.78. The molecule has 1 heterocycles. The van der Waals surface area contributed by atoms with E-state index in [1.807, 2.05) is 0 Å². The lowest BCUT2D eigenvalue weighted by Gasteiger charge is -2.38. The minimum Gasteiger partial charge on any atom is -0.484 e. The molecule has 9 heteroatoms. The molecule has 2 rings (SSSR count). The lowest BCUT2D eigenvalue weighted by Crippen LogP contribution is -2.63. The van der Waals surface area contributed by atoms with E-state index in [0.717, 1.165) is 0 Å². The molecule has 1 atom stereocenters. The summed E-state index contributed by atoms with van der Waals surface area (Å²) < 4.78 is 85.6. The van der Waals surface area contributed by atoms with Crippen molar-refractivity contribution < 1.29 is 31.1 Å². The van der Waals surface area contributed by atoms with Crippen LogP contribution < -0.4 is 5.32 Å². The number of rotatable bonds is 3. The molecular weight excluding hydrogens is 368 g/mol. The van der Waals surface area contributed by atoms with E-state index in [2.05, 4.69) is 12.2 Å². The minimum absolute atomic E-state index is 0.193. The van der Waals surface area contributed by atoms with Crippen LogP contribution in [0.2, 0.25) is 0 Å². The fraction of sp³-hybridized carbons (Fsp3) is 0.312. The first-order chi connectivity index (χ1) is 11.5. The first-order valence-corrected chi connectivity index (χ1v) is 7.51. The van der Waals surface area contributed by atoms with Crippen molar-refractivity contribution in [3.8, 4) is 0 Å². The Bertz CT molecular complexity index is 708. The van der Waals surface area contributed by atoms with Crippen LogP contribution in [0.4, 0.5) is 26.3 Å². The van der Waals surface area contributed by atoms with Crippen LogP contribution in [0.15, 0.2) is 48.2 Å². The zero-order valence-electron chi connectivity index (χ0n) is 12.8. The van der Waals surface area contributed by atoms with E-state index in [1.165, 1.54) is 36.5 Å². The molecule has 0 spiro atoms. The highest BCUT2D eigenvalue weighted by Gasteiger charge is 2.61. The number of halogens is 6. The van der Waals surface area contributed by atoms with Gasteiger partial charge < -0.3 is 10.1 Å². The van der Waals surface area contributed by atoms with Crippen LogP contribution in [0.1, 0.15) is 12.5 Å². The van der Waals surface area contributed by atoms with Gasteiger partial charge in [0.1, 0.15) is 5.70 Å². The maximum Gasteiger partial charge on any atom is 0.430 e. The summed E-state index contributed by atoms with van der Waals surface area (Å²) in [5, 5.41) is 0.477. The second-order valence-electron chi connectivity index (χ2n) is 5.17. The standard InChI is InChI=1S/C16H13F6NOS/c1-2-24-13(25)14(16(20,21)22)9-11(10-6-4-3-5-7-10)8-12(23-14)15(17,18)19/h3-9,23H,2H2,1H3. The van der Waals surface area contributed by atoms with Crippen molar-refractivity contribution in [3.05, 3.63) is 53.7 Å². The van der Waals surface area contributed by atoms with E-state index < -0.39 is 28.6 Å². The predicted molar refractivity (Wildman–Crippen MR) is 84.7 cm³/mol. The summed E-state index contributed by atoms with van der Waals surface area (Å²) in [6.45, 7) is 1.18. The van der Waals surface area contributed by atoms with Gasteiger partial charge in [-0.05, 0) is 42.4 Å². The molecule has 0 amide bonds. The molecule has 0 aromatic heterocycles. The van der Waals surface area contributed by atoms with Gasteiger partial charge in [-0.3, -0.25) is 0 Å².